The Balaban J connectivity index is 1.76. The average Bonchev–Trinajstić information content (AvgIpc) is 3.10. The molecule has 0 heterocycles. The van der Waals surface area contributed by atoms with Gasteiger partial charge in [-0.05, 0) is 60.9 Å². The molecule has 1 fully saturated rings. The Bertz CT molecular complexity index is 1170. The van der Waals surface area contributed by atoms with Crippen LogP contribution >= 0.6 is 11.8 Å². The van der Waals surface area contributed by atoms with Crippen molar-refractivity contribution in [2.75, 3.05) is 12.4 Å². The number of benzene rings is 2. The Hall–Kier alpha value is -3.05. The summed E-state index contributed by atoms with van der Waals surface area (Å²) < 4.78 is 5.49. The number of phenolic OH excluding ortho intramolecular Hbond substituents is 1. The number of allylic oxidation sites excluding steroid dienone is 4. The van der Waals surface area contributed by atoms with Crippen LogP contribution in [-0.4, -0.2) is 28.4 Å². The first kappa shape index (κ1) is 23.1. The van der Waals surface area contributed by atoms with Gasteiger partial charge in [-0.15, -0.1) is 0 Å². The molecule has 2 aliphatic rings. The lowest BCUT2D eigenvalue weighted by Crippen LogP contribution is -2.27. The zero-order chi connectivity index (χ0) is 23.5. The lowest BCUT2D eigenvalue weighted by atomic mass is 9.72. The van der Waals surface area contributed by atoms with Gasteiger partial charge >= 0.3 is 0 Å². The number of hydrogen-bond donors (Lipinski definition) is 1. The van der Waals surface area contributed by atoms with Crippen molar-refractivity contribution in [2.45, 2.75) is 33.1 Å². The van der Waals surface area contributed by atoms with Crippen LogP contribution < -0.4 is 4.74 Å². The van der Waals surface area contributed by atoms with Crippen LogP contribution in [0.2, 0.25) is 0 Å². The zero-order valence-electron chi connectivity index (χ0n) is 19.1. The van der Waals surface area contributed by atoms with Crippen LogP contribution in [0.1, 0.15) is 44.2 Å². The minimum Gasteiger partial charge on any atom is -0.504 e. The maximum atomic E-state index is 13.7. The molecule has 170 valence electrons. The summed E-state index contributed by atoms with van der Waals surface area (Å²) in [5, 5.41) is 10.0. The molecule has 0 radical (unpaired) electrons. The minimum atomic E-state index is -0.373. The van der Waals surface area contributed by atoms with E-state index in [1.54, 1.807) is 18.2 Å². The van der Waals surface area contributed by atoms with Gasteiger partial charge in [0.15, 0.2) is 17.3 Å². The number of ether oxygens (including phenoxy) is 1. The molecule has 4 nitrogen and oxygen atoms in total. The Kier molecular flexibility index (Phi) is 6.89. The van der Waals surface area contributed by atoms with Crippen LogP contribution in [0.25, 0.3) is 6.08 Å². The van der Waals surface area contributed by atoms with Crippen molar-refractivity contribution in [3.63, 3.8) is 0 Å². The largest absolute Gasteiger partial charge is 0.504 e. The Morgan fingerprint density at radius 3 is 2.61 bits per heavy atom. The molecular formula is C28H28O4S. The van der Waals surface area contributed by atoms with Crippen LogP contribution in [0.4, 0.5) is 0 Å². The SMILES string of the molecule is CCOc1cc(/C=C2/CC3=CC(C)=C(C(=O)SCC)C(c4ccccc4)C3C2=O)ccc1O. The summed E-state index contributed by atoms with van der Waals surface area (Å²) >= 11 is 1.30. The highest BCUT2D eigenvalue weighted by Crippen LogP contribution is 2.50. The molecule has 33 heavy (non-hydrogen) atoms. The van der Waals surface area contributed by atoms with Crippen LogP contribution in [-0.2, 0) is 9.59 Å². The summed E-state index contributed by atoms with van der Waals surface area (Å²) in [6.45, 7) is 6.24. The summed E-state index contributed by atoms with van der Waals surface area (Å²) in [5.74, 6) is 0.574. The van der Waals surface area contributed by atoms with Crippen molar-refractivity contribution < 1.29 is 19.4 Å². The highest BCUT2D eigenvalue weighted by atomic mass is 32.2. The number of aromatic hydroxyl groups is 1. The van der Waals surface area contributed by atoms with Gasteiger partial charge in [-0.25, -0.2) is 0 Å². The first-order valence-electron chi connectivity index (χ1n) is 11.3. The normalized spacial score (nSPS) is 21.2. The second-order valence-electron chi connectivity index (χ2n) is 8.27. The molecular weight excluding hydrogens is 432 g/mol. The molecule has 0 spiro atoms. The molecule has 0 bridgehead atoms. The van der Waals surface area contributed by atoms with E-state index in [1.807, 2.05) is 63.3 Å². The van der Waals surface area contributed by atoms with Gasteiger partial charge in [0.25, 0.3) is 0 Å². The minimum absolute atomic E-state index is 0.0456. The molecule has 0 saturated heterocycles. The number of fused-ring (bicyclic) bond motifs is 1. The molecule has 0 aromatic heterocycles. The monoisotopic (exact) mass is 460 g/mol. The van der Waals surface area contributed by atoms with E-state index in [-0.39, 0.29) is 28.5 Å². The molecule has 0 amide bonds. The number of ketones is 1. The van der Waals surface area contributed by atoms with E-state index < -0.39 is 0 Å². The van der Waals surface area contributed by atoms with Crippen molar-refractivity contribution in [3.05, 3.63) is 88.0 Å². The van der Waals surface area contributed by atoms with E-state index in [2.05, 4.69) is 0 Å². The highest BCUT2D eigenvalue weighted by molar-refractivity contribution is 8.14. The molecule has 2 aliphatic carbocycles. The molecule has 1 saturated carbocycles. The maximum absolute atomic E-state index is 13.7. The average molecular weight is 461 g/mol. The van der Waals surface area contributed by atoms with Gasteiger partial charge in [0.05, 0.1) is 12.5 Å². The van der Waals surface area contributed by atoms with E-state index >= 15 is 0 Å². The van der Waals surface area contributed by atoms with E-state index in [0.717, 1.165) is 27.8 Å². The third-order valence-electron chi connectivity index (χ3n) is 6.14. The predicted octanol–water partition coefficient (Wildman–Crippen LogP) is 6.08. The van der Waals surface area contributed by atoms with E-state index in [0.29, 0.717) is 30.1 Å². The molecule has 4 rings (SSSR count). The quantitative estimate of drug-likeness (QED) is 0.529. The number of rotatable bonds is 6. The Morgan fingerprint density at radius 1 is 1.15 bits per heavy atom. The van der Waals surface area contributed by atoms with Gasteiger partial charge < -0.3 is 9.84 Å². The highest BCUT2D eigenvalue weighted by Gasteiger charge is 2.45. The topological polar surface area (TPSA) is 63.6 Å². The van der Waals surface area contributed by atoms with Crippen molar-refractivity contribution in [2.24, 2.45) is 5.92 Å². The molecule has 2 aromatic carbocycles. The molecule has 2 atom stereocenters. The number of phenols is 1. The van der Waals surface area contributed by atoms with Crippen molar-refractivity contribution >= 4 is 28.7 Å². The molecule has 2 unspecified atom stereocenters. The van der Waals surface area contributed by atoms with Crippen molar-refractivity contribution in [3.8, 4) is 11.5 Å². The summed E-state index contributed by atoms with van der Waals surface area (Å²) in [6.07, 6.45) is 4.47. The van der Waals surface area contributed by atoms with Gasteiger partial charge in [-0.1, -0.05) is 66.7 Å². The number of hydrogen-bond acceptors (Lipinski definition) is 5. The third kappa shape index (κ3) is 4.55. The number of carbonyl (C=O) groups excluding carboxylic acids is 2. The van der Waals surface area contributed by atoms with Gasteiger partial charge in [0.1, 0.15) is 0 Å². The fourth-order valence-corrected chi connectivity index (χ4v) is 5.50. The van der Waals surface area contributed by atoms with E-state index in [9.17, 15) is 14.7 Å². The van der Waals surface area contributed by atoms with Crippen LogP contribution in [0.5, 0.6) is 11.5 Å². The van der Waals surface area contributed by atoms with Gasteiger partial charge in [-0.3, -0.25) is 9.59 Å². The van der Waals surface area contributed by atoms with E-state index in [4.69, 9.17) is 4.74 Å². The maximum Gasteiger partial charge on any atom is 0.216 e. The molecule has 5 heteroatoms. The van der Waals surface area contributed by atoms with Crippen LogP contribution in [0.3, 0.4) is 0 Å². The first-order chi connectivity index (χ1) is 15.9. The van der Waals surface area contributed by atoms with Crippen LogP contribution in [0.15, 0.2) is 76.9 Å². The summed E-state index contributed by atoms with van der Waals surface area (Å²) in [4.78, 5) is 26.8. The molecule has 1 N–H and O–H groups in total. The van der Waals surface area contributed by atoms with E-state index in [1.165, 1.54) is 11.8 Å². The van der Waals surface area contributed by atoms with Crippen molar-refractivity contribution in [1.82, 2.24) is 0 Å². The van der Waals surface area contributed by atoms with Crippen molar-refractivity contribution in [1.29, 1.82) is 0 Å². The predicted molar refractivity (Wildman–Crippen MR) is 133 cm³/mol. The van der Waals surface area contributed by atoms with Crippen LogP contribution in [0, 0.1) is 5.92 Å². The second kappa shape index (κ2) is 9.84. The number of carbonyl (C=O) groups is 2. The fraction of sp³-hybridized carbons (Fsp3) is 0.286. The summed E-state index contributed by atoms with van der Waals surface area (Å²) in [6, 6.07) is 15.0. The second-order valence-corrected chi connectivity index (χ2v) is 9.51. The van der Waals surface area contributed by atoms with Gasteiger partial charge in [0, 0.05) is 17.1 Å². The van der Waals surface area contributed by atoms with Gasteiger partial charge in [0.2, 0.25) is 5.12 Å². The lowest BCUT2D eigenvalue weighted by molar-refractivity contribution is -0.117. The standard InChI is InChI=1S/C28H28O4S/c1-4-32-23-15-18(11-12-22(23)29)14-21-16-20-13-17(3)24(28(31)33-5-2)25(26(20)27(21)30)19-9-7-6-8-10-19/h6-15,25-26,29H,4-5,16H2,1-3H3/b21-14-. The number of thioether (sulfide) groups is 1. The Morgan fingerprint density at radius 2 is 1.91 bits per heavy atom. The Labute approximate surface area is 199 Å². The molecule has 0 aliphatic heterocycles. The third-order valence-corrected chi connectivity index (χ3v) is 6.91. The molecule has 2 aromatic rings. The zero-order valence-corrected chi connectivity index (χ0v) is 19.9. The van der Waals surface area contributed by atoms with Gasteiger partial charge in [-0.2, -0.15) is 0 Å². The number of Topliss-reactive ketones (excluding diaryl/α,β-unsaturated/α-hetero) is 1. The fourth-order valence-electron chi connectivity index (χ4n) is 4.79. The smallest absolute Gasteiger partial charge is 0.216 e. The lowest BCUT2D eigenvalue weighted by Gasteiger charge is -2.30. The summed E-state index contributed by atoms with van der Waals surface area (Å²) in [7, 11) is 0. The summed E-state index contributed by atoms with van der Waals surface area (Å²) in [5.41, 5.74) is 5.24. The first-order valence-corrected chi connectivity index (χ1v) is 12.3.